The van der Waals surface area contributed by atoms with Crippen LogP contribution in [0.1, 0.15) is 31.9 Å². The highest BCUT2D eigenvalue weighted by Crippen LogP contribution is 2.13. The minimum absolute atomic E-state index is 0. The van der Waals surface area contributed by atoms with E-state index in [1.54, 1.807) is 7.05 Å². The molecule has 6 nitrogen and oxygen atoms in total. The Labute approximate surface area is 131 Å². The van der Waals surface area contributed by atoms with Crippen molar-refractivity contribution in [1.82, 2.24) is 25.4 Å². The molecule has 1 aromatic heterocycles. The van der Waals surface area contributed by atoms with Crippen molar-refractivity contribution in [2.24, 2.45) is 10.9 Å². The zero-order valence-electron chi connectivity index (χ0n) is 11.8. The van der Waals surface area contributed by atoms with Gasteiger partial charge in [-0.05, 0) is 12.3 Å². The molecule has 0 saturated carbocycles. The Balaban J connectivity index is 0.00000180. The van der Waals surface area contributed by atoms with E-state index in [0.717, 1.165) is 37.1 Å². The molecule has 0 radical (unpaired) electrons. The lowest BCUT2D eigenvalue weighted by molar-refractivity contribution is 0.608. The third kappa shape index (κ3) is 4.32. The fourth-order valence-corrected chi connectivity index (χ4v) is 2.03. The highest BCUT2D eigenvalue weighted by molar-refractivity contribution is 14.0. The van der Waals surface area contributed by atoms with Gasteiger partial charge in [-0.3, -0.25) is 4.99 Å². The Morgan fingerprint density at radius 1 is 1.37 bits per heavy atom. The van der Waals surface area contributed by atoms with Crippen LogP contribution in [0.25, 0.3) is 0 Å². The minimum Gasteiger partial charge on any atom is -0.356 e. The Morgan fingerprint density at radius 3 is 2.84 bits per heavy atom. The maximum Gasteiger partial charge on any atom is 0.191 e. The van der Waals surface area contributed by atoms with Crippen LogP contribution in [0.4, 0.5) is 0 Å². The smallest absolute Gasteiger partial charge is 0.191 e. The zero-order chi connectivity index (χ0) is 13.0. The fourth-order valence-electron chi connectivity index (χ4n) is 2.03. The minimum atomic E-state index is 0. The van der Waals surface area contributed by atoms with E-state index < -0.39 is 0 Å². The maximum atomic E-state index is 4.21. The lowest BCUT2D eigenvalue weighted by atomic mass is 10.2. The summed E-state index contributed by atoms with van der Waals surface area (Å²) in [6.45, 7) is 6.97. The Hall–Kier alpha value is -0.860. The summed E-state index contributed by atoms with van der Waals surface area (Å²) >= 11 is 0. The number of guanidine groups is 1. The average Bonchev–Trinajstić information content (AvgIpc) is 2.92. The van der Waals surface area contributed by atoms with Gasteiger partial charge in [-0.15, -0.1) is 34.2 Å². The molecule has 1 aliphatic rings. The van der Waals surface area contributed by atoms with Gasteiger partial charge in [-0.25, -0.2) is 0 Å². The van der Waals surface area contributed by atoms with E-state index in [-0.39, 0.29) is 24.0 Å². The summed E-state index contributed by atoms with van der Waals surface area (Å²) in [5.74, 6) is 3.52. The lowest BCUT2D eigenvalue weighted by Crippen LogP contribution is -2.39. The van der Waals surface area contributed by atoms with E-state index in [1.165, 1.54) is 6.42 Å². The largest absolute Gasteiger partial charge is 0.356 e. The zero-order valence-corrected chi connectivity index (χ0v) is 14.1. The molecule has 0 spiro atoms. The van der Waals surface area contributed by atoms with Gasteiger partial charge in [-0.1, -0.05) is 13.8 Å². The van der Waals surface area contributed by atoms with Gasteiger partial charge >= 0.3 is 0 Å². The fraction of sp³-hybridized carbons (Fsp3) is 0.750. The second-order valence-corrected chi connectivity index (χ2v) is 4.99. The van der Waals surface area contributed by atoms with E-state index >= 15 is 0 Å². The second-order valence-electron chi connectivity index (χ2n) is 4.99. The highest BCUT2D eigenvalue weighted by atomic mass is 127. The quantitative estimate of drug-likeness (QED) is 0.469. The molecule has 0 bridgehead atoms. The van der Waals surface area contributed by atoms with Crippen molar-refractivity contribution < 1.29 is 0 Å². The van der Waals surface area contributed by atoms with Crippen molar-refractivity contribution in [3.63, 3.8) is 0 Å². The van der Waals surface area contributed by atoms with Crippen LogP contribution in [0.5, 0.6) is 0 Å². The summed E-state index contributed by atoms with van der Waals surface area (Å²) in [5.41, 5.74) is 0. The van der Waals surface area contributed by atoms with E-state index in [4.69, 9.17) is 0 Å². The van der Waals surface area contributed by atoms with Crippen LogP contribution in [0, 0.1) is 5.92 Å². The van der Waals surface area contributed by atoms with Crippen LogP contribution in [0.15, 0.2) is 4.99 Å². The maximum absolute atomic E-state index is 4.21. The number of aliphatic imine (C=N–C) groups is 1. The monoisotopic (exact) mass is 378 g/mol. The molecule has 19 heavy (non-hydrogen) atoms. The first-order chi connectivity index (χ1) is 8.70. The molecule has 0 fully saturated rings. The Morgan fingerprint density at radius 2 is 2.16 bits per heavy atom. The first kappa shape index (κ1) is 16.2. The third-order valence-corrected chi connectivity index (χ3v) is 3.00. The van der Waals surface area contributed by atoms with Crippen molar-refractivity contribution in [1.29, 1.82) is 0 Å². The summed E-state index contributed by atoms with van der Waals surface area (Å²) in [6, 6.07) is 0. The van der Waals surface area contributed by atoms with Gasteiger partial charge in [0.05, 0.1) is 6.54 Å². The van der Waals surface area contributed by atoms with Crippen LogP contribution in [0.3, 0.4) is 0 Å². The predicted molar refractivity (Wildman–Crippen MR) is 86.8 cm³/mol. The molecular formula is C12H23IN6. The molecule has 7 heteroatoms. The van der Waals surface area contributed by atoms with Crippen LogP contribution in [-0.4, -0.2) is 34.3 Å². The molecule has 2 rings (SSSR count). The van der Waals surface area contributed by atoms with Gasteiger partial charge < -0.3 is 15.2 Å². The molecule has 2 heterocycles. The summed E-state index contributed by atoms with van der Waals surface area (Å²) in [6.07, 6.45) is 2.23. The summed E-state index contributed by atoms with van der Waals surface area (Å²) in [5, 5.41) is 14.9. The van der Waals surface area contributed by atoms with Gasteiger partial charge in [0.15, 0.2) is 11.8 Å². The molecule has 2 N–H and O–H groups in total. The molecular weight excluding hydrogens is 355 g/mol. The van der Waals surface area contributed by atoms with Crippen LogP contribution >= 0.6 is 24.0 Å². The molecule has 0 aliphatic carbocycles. The third-order valence-electron chi connectivity index (χ3n) is 3.00. The van der Waals surface area contributed by atoms with Crippen LogP contribution in [0.2, 0.25) is 0 Å². The van der Waals surface area contributed by atoms with Crippen molar-refractivity contribution in [2.45, 2.75) is 39.8 Å². The van der Waals surface area contributed by atoms with Gasteiger partial charge in [0.2, 0.25) is 0 Å². The Kier molecular flexibility index (Phi) is 6.53. The van der Waals surface area contributed by atoms with Crippen molar-refractivity contribution in [2.75, 3.05) is 13.6 Å². The number of nitrogens with zero attached hydrogens (tertiary/aromatic N) is 4. The number of hydrogen-bond acceptors (Lipinski definition) is 3. The predicted octanol–water partition coefficient (Wildman–Crippen LogP) is 1.16. The lowest BCUT2D eigenvalue weighted by Gasteiger charge is -2.13. The standard InChI is InChI=1S/C12H22N6.HI/c1-9(2)7-14-12(13-3)15-8-11-17-16-10-5-4-6-18(10)11;/h9H,4-8H2,1-3H3,(H2,13,14,15);1H. The molecule has 108 valence electrons. The number of halogens is 1. The number of nitrogens with one attached hydrogen (secondary N) is 2. The summed E-state index contributed by atoms with van der Waals surface area (Å²) in [7, 11) is 1.78. The first-order valence-corrected chi connectivity index (χ1v) is 6.56. The van der Waals surface area contributed by atoms with Crippen LogP contribution in [-0.2, 0) is 19.5 Å². The van der Waals surface area contributed by atoms with E-state index in [0.29, 0.717) is 12.5 Å². The number of fused-ring (bicyclic) bond motifs is 1. The molecule has 1 aromatic rings. The van der Waals surface area contributed by atoms with Gasteiger partial charge in [0.1, 0.15) is 5.82 Å². The molecule has 1 aliphatic heterocycles. The van der Waals surface area contributed by atoms with Crippen molar-refractivity contribution in [3.8, 4) is 0 Å². The molecule has 0 saturated heterocycles. The number of aromatic nitrogens is 3. The van der Waals surface area contributed by atoms with Crippen LogP contribution < -0.4 is 10.6 Å². The molecule has 0 amide bonds. The van der Waals surface area contributed by atoms with E-state index in [2.05, 4.69) is 44.2 Å². The summed E-state index contributed by atoms with van der Waals surface area (Å²) in [4.78, 5) is 4.19. The average molecular weight is 378 g/mol. The van der Waals surface area contributed by atoms with Gasteiger partial charge in [0.25, 0.3) is 0 Å². The van der Waals surface area contributed by atoms with Gasteiger partial charge in [0, 0.05) is 26.6 Å². The molecule has 0 aromatic carbocycles. The SMILES string of the molecule is CN=C(NCc1nnc2n1CCC2)NCC(C)C.I. The van der Waals surface area contributed by atoms with Crippen molar-refractivity contribution >= 4 is 29.9 Å². The van der Waals surface area contributed by atoms with E-state index in [9.17, 15) is 0 Å². The number of aryl methyl sites for hydroxylation is 1. The van der Waals surface area contributed by atoms with Crippen molar-refractivity contribution in [3.05, 3.63) is 11.6 Å². The summed E-state index contributed by atoms with van der Waals surface area (Å²) < 4.78 is 2.20. The first-order valence-electron chi connectivity index (χ1n) is 6.56. The molecule has 0 atom stereocenters. The second kappa shape index (κ2) is 7.66. The number of hydrogen-bond donors (Lipinski definition) is 2. The normalized spacial score (nSPS) is 14.2. The highest BCUT2D eigenvalue weighted by Gasteiger charge is 2.16. The number of rotatable bonds is 4. The van der Waals surface area contributed by atoms with Gasteiger partial charge in [-0.2, -0.15) is 0 Å². The van der Waals surface area contributed by atoms with E-state index in [1.807, 2.05) is 0 Å². The topological polar surface area (TPSA) is 67.1 Å². The Bertz CT molecular complexity index is 426. The molecule has 0 unspecified atom stereocenters.